The summed E-state index contributed by atoms with van der Waals surface area (Å²) in [5, 5.41) is 8.69. The molecule has 0 bridgehead atoms. The Kier molecular flexibility index (Phi) is 3.47. The van der Waals surface area contributed by atoms with Crippen molar-refractivity contribution in [3.63, 3.8) is 0 Å². The summed E-state index contributed by atoms with van der Waals surface area (Å²) in [6.45, 7) is 3.55. The molecule has 0 radical (unpaired) electrons. The molecule has 0 spiro atoms. The lowest BCUT2D eigenvalue weighted by molar-refractivity contribution is -0.132. The maximum Gasteiger partial charge on any atom is 0.331 e. The molecular weight excluding hydrogens is 244 g/mol. The first-order chi connectivity index (χ1) is 6.50. The topological polar surface area (TPSA) is 37.3 Å². The van der Waals surface area contributed by atoms with Crippen molar-refractivity contribution < 1.29 is 9.90 Å². The number of hydrogen-bond acceptors (Lipinski definition) is 1. The van der Waals surface area contributed by atoms with Crippen LogP contribution in [0, 0.1) is 6.92 Å². The number of carbonyl (C=O) groups is 1. The smallest absolute Gasteiger partial charge is 0.331 e. The summed E-state index contributed by atoms with van der Waals surface area (Å²) in [6.07, 6.45) is 1.65. The summed E-state index contributed by atoms with van der Waals surface area (Å²) in [5.74, 6) is -0.884. The molecule has 0 unspecified atom stereocenters. The summed E-state index contributed by atoms with van der Waals surface area (Å²) in [4.78, 5) is 10.6. The molecule has 2 nitrogen and oxygen atoms in total. The lowest BCUT2D eigenvalue weighted by Gasteiger charge is -2.00. The van der Waals surface area contributed by atoms with Crippen LogP contribution < -0.4 is 0 Å². The van der Waals surface area contributed by atoms with E-state index in [1.807, 2.05) is 25.1 Å². The maximum absolute atomic E-state index is 10.6. The van der Waals surface area contributed by atoms with Gasteiger partial charge in [-0.1, -0.05) is 28.1 Å². The molecule has 0 heterocycles. The third-order valence-corrected chi connectivity index (χ3v) is 2.79. The fraction of sp³-hybridized carbons (Fsp3) is 0.182. The number of carboxylic acids is 1. The first kappa shape index (κ1) is 11.0. The quantitative estimate of drug-likeness (QED) is 0.823. The van der Waals surface area contributed by atoms with Crippen molar-refractivity contribution in [2.75, 3.05) is 0 Å². The molecule has 14 heavy (non-hydrogen) atoms. The van der Waals surface area contributed by atoms with Gasteiger partial charge < -0.3 is 5.11 Å². The van der Waals surface area contributed by atoms with E-state index in [-0.39, 0.29) is 0 Å². The van der Waals surface area contributed by atoms with Crippen LogP contribution in [-0.2, 0) is 4.79 Å². The van der Waals surface area contributed by atoms with Crippen LogP contribution >= 0.6 is 15.9 Å². The van der Waals surface area contributed by atoms with Gasteiger partial charge in [-0.15, -0.1) is 0 Å². The van der Waals surface area contributed by atoms with Gasteiger partial charge in [0.15, 0.2) is 0 Å². The second-order valence-corrected chi connectivity index (χ2v) is 4.00. The molecule has 3 heteroatoms. The second-order valence-electron chi connectivity index (χ2n) is 3.14. The van der Waals surface area contributed by atoms with Gasteiger partial charge in [-0.25, -0.2) is 4.79 Å². The Balaban J connectivity index is 3.04. The number of aliphatic carboxylic acids is 1. The molecule has 0 aliphatic heterocycles. The Morgan fingerprint density at radius 3 is 2.64 bits per heavy atom. The van der Waals surface area contributed by atoms with Gasteiger partial charge in [-0.3, -0.25) is 0 Å². The Bertz CT molecular complexity index is 394. The number of rotatable bonds is 2. The van der Waals surface area contributed by atoms with E-state index < -0.39 is 5.97 Å². The van der Waals surface area contributed by atoms with Crippen molar-refractivity contribution in [2.24, 2.45) is 0 Å². The number of aryl methyl sites for hydroxylation is 1. The largest absolute Gasteiger partial charge is 0.478 e. The number of hydrogen-bond donors (Lipinski definition) is 1. The van der Waals surface area contributed by atoms with Gasteiger partial charge in [-0.05, 0) is 37.1 Å². The highest BCUT2D eigenvalue weighted by molar-refractivity contribution is 9.10. The molecule has 0 amide bonds. The zero-order valence-electron chi connectivity index (χ0n) is 8.04. The van der Waals surface area contributed by atoms with Crippen molar-refractivity contribution in [1.29, 1.82) is 0 Å². The Hall–Kier alpha value is -1.09. The minimum atomic E-state index is -0.884. The molecule has 1 rings (SSSR count). The maximum atomic E-state index is 10.6. The predicted octanol–water partition coefficient (Wildman–Crippen LogP) is 3.25. The van der Waals surface area contributed by atoms with Crippen LogP contribution in [0.3, 0.4) is 0 Å². The van der Waals surface area contributed by atoms with Crippen LogP contribution in [0.25, 0.3) is 6.08 Å². The molecule has 1 N–H and O–H groups in total. The predicted molar refractivity (Wildman–Crippen MR) is 60.2 cm³/mol. The first-order valence-corrected chi connectivity index (χ1v) is 4.98. The lowest BCUT2D eigenvalue weighted by Crippen LogP contribution is -1.95. The van der Waals surface area contributed by atoms with Crippen molar-refractivity contribution in [3.05, 3.63) is 39.4 Å². The Morgan fingerprint density at radius 2 is 2.14 bits per heavy atom. The Labute approximate surface area is 91.4 Å². The molecular formula is C11H11BrO2. The van der Waals surface area contributed by atoms with E-state index in [9.17, 15) is 4.79 Å². The van der Waals surface area contributed by atoms with Gasteiger partial charge in [0.2, 0.25) is 0 Å². The third-order valence-electron chi connectivity index (χ3n) is 1.90. The molecule has 0 aromatic heterocycles. The van der Waals surface area contributed by atoms with Gasteiger partial charge in [-0.2, -0.15) is 0 Å². The van der Waals surface area contributed by atoms with E-state index in [2.05, 4.69) is 15.9 Å². The van der Waals surface area contributed by atoms with Crippen LogP contribution in [-0.4, -0.2) is 11.1 Å². The van der Waals surface area contributed by atoms with Gasteiger partial charge in [0, 0.05) is 10.0 Å². The Morgan fingerprint density at radius 1 is 1.50 bits per heavy atom. The van der Waals surface area contributed by atoms with E-state index in [1.54, 1.807) is 13.0 Å². The van der Waals surface area contributed by atoms with Crippen molar-refractivity contribution in [2.45, 2.75) is 13.8 Å². The molecule has 1 aromatic carbocycles. The monoisotopic (exact) mass is 254 g/mol. The molecule has 0 aliphatic carbocycles. The molecule has 0 saturated carbocycles. The average Bonchev–Trinajstić information content (AvgIpc) is 2.11. The van der Waals surface area contributed by atoms with Crippen molar-refractivity contribution >= 4 is 28.0 Å². The lowest BCUT2D eigenvalue weighted by atomic mass is 10.1. The molecule has 0 atom stereocenters. The molecule has 1 aromatic rings. The van der Waals surface area contributed by atoms with Crippen molar-refractivity contribution in [3.8, 4) is 0 Å². The molecule has 0 aliphatic rings. The summed E-state index contributed by atoms with van der Waals surface area (Å²) in [7, 11) is 0. The van der Waals surface area contributed by atoms with Gasteiger partial charge in [0.1, 0.15) is 0 Å². The molecule has 0 fully saturated rings. The molecule has 74 valence electrons. The number of benzene rings is 1. The van der Waals surface area contributed by atoms with Crippen molar-refractivity contribution in [1.82, 2.24) is 0 Å². The summed E-state index contributed by atoms with van der Waals surface area (Å²) in [6, 6.07) is 5.73. The standard InChI is InChI=1S/C11H11BrO2/c1-7-5-9(3-4-10(7)12)6-8(2)11(13)14/h3-6H,1-2H3,(H,13,14)/b8-6+. The highest BCUT2D eigenvalue weighted by Gasteiger charge is 2.00. The van der Waals surface area contributed by atoms with Crippen LogP contribution in [0.2, 0.25) is 0 Å². The van der Waals surface area contributed by atoms with E-state index in [1.165, 1.54) is 0 Å². The highest BCUT2D eigenvalue weighted by atomic mass is 79.9. The minimum Gasteiger partial charge on any atom is -0.478 e. The minimum absolute atomic E-state index is 0.340. The van der Waals surface area contributed by atoms with Crippen LogP contribution in [0.1, 0.15) is 18.1 Å². The van der Waals surface area contributed by atoms with E-state index in [0.29, 0.717) is 5.57 Å². The van der Waals surface area contributed by atoms with Gasteiger partial charge in [0.05, 0.1) is 0 Å². The van der Waals surface area contributed by atoms with Crippen LogP contribution in [0.4, 0.5) is 0 Å². The van der Waals surface area contributed by atoms with E-state index in [4.69, 9.17) is 5.11 Å². The SMILES string of the molecule is C/C(=C\c1ccc(Br)c(C)c1)C(=O)O. The summed E-state index contributed by atoms with van der Waals surface area (Å²) < 4.78 is 1.03. The normalized spacial score (nSPS) is 11.5. The molecule has 0 saturated heterocycles. The fourth-order valence-corrected chi connectivity index (χ4v) is 1.32. The zero-order chi connectivity index (χ0) is 10.7. The first-order valence-electron chi connectivity index (χ1n) is 4.18. The fourth-order valence-electron chi connectivity index (χ4n) is 1.07. The van der Waals surface area contributed by atoms with Crippen LogP contribution in [0.15, 0.2) is 28.2 Å². The zero-order valence-corrected chi connectivity index (χ0v) is 9.63. The summed E-state index contributed by atoms with van der Waals surface area (Å²) >= 11 is 3.39. The van der Waals surface area contributed by atoms with Crippen LogP contribution in [0.5, 0.6) is 0 Å². The van der Waals surface area contributed by atoms with Gasteiger partial charge in [0.25, 0.3) is 0 Å². The van der Waals surface area contributed by atoms with Gasteiger partial charge >= 0.3 is 5.97 Å². The van der Waals surface area contributed by atoms with E-state index in [0.717, 1.165) is 15.6 Å². The second kappa shape index (κ2) is 4.42. The average molecular weight is 255 g/mol. The number of halogens is 1. The number of carboxylic acid groups (broad SMARTS) is 1. The highest BCUT2D eigenvalue weighted by Crippen LogP contribution is 2.18. The third kappa shape index (κ3) is 2.70. The summed E-state index contributed by atoms with van der Waals surface area (Å²) in [5.41, 5.74) is 2.34. The van der Waals surface area contributed by atoms with E-state index >= 15 is 0 Å².